The van der Waals surface area contributed by atoms with Gasteiger partial charge >= 0.3 is 12.0 Å². The summed E-state index contributed by atoms with van der Waals surface area (Å²) in [6, 6.07) is -0.349. The Morgan fingerprint density at radius 3 is 2.00 bits per heavy atom. The van der Waals surface area contributed by atoms with Crippen molar-refractivity contribution in [2.45, 2.75) is 13.0 Å². The molecule has 1 rings (SSSR count). The van der Waals surface area contributed by atoms with E-state index in [2.05, 4.69) is 0 Å². The van der Waals surface area contributed by atoms with Crippen LogP contribution in [0.15, 0.2) is 0 Å². The topological polar surface area (TPSA) is 113 Å². The summed E-state index contributed by atoms with van der Waals surface area (Å²) < 4.78 is 5.00. The second kappa shape index (κ2) is 7.02. The maximum Gasteiger partial charge on any atom is 0.332 e. The molecule has 0 aliphatic carbocycles. The normalized spacial score (nSPS) is 17.3. The fourth-order valence-corrected chi connectivity index (χ4v) is 0.784. The number of aliphatic hydroxyl groups excluding tert-OH is 1. The van der Waals surface area contributed by atoms with Crippen molar-refractivity contribution < 1.29 is 24.5 Å². The van der Waals surface area contributed by atoms with E-state index in [-0.39, 0.29) is 6.03 Å². The molecule has 88 valence electrons. The molecule has 0 bridgehead atoms. The number of primary amides is 1. The quantitative estimate of drug-likeness (QED) is 0.516. The molecule has 0 aromatic heterocycles. The number of urea groups is 1. The van der Waals surface area contributed by atoms with Crippen LogP contribution >= 0.6 is 0 Å². The monoisotopic (exact) mass is 220 g/mol. The smallest absolute Gasteiger partial charge is 0.332 e. The number of ether oxygens (including phenoxy) is 1. The molecule has 1 saturated heterocycles. The molecule has 7 heteroatoms. The van der Waals surface area contributed by atoms with Gasteiger partial charge in [-0.15, -0.1) is 0 Å². The molecule has 0 aromatic rings. The molecule has 1 atom stereocenters. The predicted octanol–water partition coefficient (Wildman–Crippen LogP) is -1.15. The Morgan fingerprint density at radius 1 is 1.40 bits per heavy atom. The molecule has 1 aliphatic rings. The summed E-state index contributed by atoms with van der Waals surface area (Å²) in [4.78, 5) is 21.5. The molecule has 1 unspecified atom stereocenters. The average molecular weight is 220 g/mol. The van der Waals surface area contributed by atoms with Crippen LogP contribution in [0.25, 0.3) is 0 Å². The number of hydrogen-bond acceptors (Lipinski definition) is 4. The summed E-state index contributed by atoms with van der Waals surface area (Å²) in [6.07, 6.45) is -1.23. The lowest BCUT2D eigenvalue weighted by Gasteiger charge is -2.24. The average Bonchev–Trinajstić information content (AvgIpc) is 2.20. The third-order valence-electron chi connectivity index (χ3n) is 1.68. The number of rotatable bonds is 1. The van der Waals surface area contributed by atoms with Crippen LogP contribution in [-0.2, 0) is 9.53 Å². The van der Waals surface area contributed by atoms with Crippen LogP contribution < -0.4 is 5.73 Å². The van der Waals surface area contributed by atoms with E-state index in [9.17, 15) is 9.59 Å². The molecule has 0 radical (unpaired) electrons. The van der Waals surface area contributed by atoms with E-state index >= 15 is 0 Å². The molecule has 1 fully saturated rings. The Balaban J connectivity index is 0.000000288. The lowest BCUT2D eigenvalue weighted by molar-refractivity contribution is -0.145. The summed E-state index contributed by atoms with van der Waals surface area (Å²) >= 11 is 0. The lowest BCUT2D eigenvalue weighted by atomic mass is 10.4. The van der Waals surface area contributed by atoms with Crippen LogP contribution in [0, 0.1) is 0 Å². The molecule has 1 heterocycles. The summed E-state index contributed by atoms with van der Waals surface area (Å²) in [5.74, 6) is -1.19. The second-order valence-corrected chi connectivity index (χ2v) is 2.95. The van der Waals surface area contributed by atoms with Crippen LogP contribution in [0.4, 0.5) is 4.79 Å². The SMILES string of the molecule is CC(O)C(=O)O.NC(=O)N1CCOCC1. The first-order valence-electron chi connectivity index (χ1n) is 4.48. The number of amides is 2. The van der Waals surface area contributed by atoms with Crippen LogP contribution in [0.3, 0.4) is 0 Å². The van der Waals surface area contributed by atoms with E-state index in [4.69, 9.17) is 20.7 Å². The summed E-state index contributed by atoms with van der Waals surface area (Å²) in [6.45, 7) is 3.69. The molecule has 0 spiro atoms. The number of carbonyl (C=O) groups excluding carboxylic acids is 1. The number of carbonyl (C=O) groups is 2. The molecule has 15 heavy (non-hydrogen) atoms. The van der Waals surface area contributed by atoms with Crippen molar-refractivity contribution in [1.82, 2.24) is 4.90 Å². The van der Waals surface area contributed by atoms with Gasteiger partial charge in [-0.3, -0.25) is 0 Å². The Kier molecular flexibility index (Phi) is 6.39. The van der Waals surface area contributed by atoms with Crippen molar-refractivity contribution in [3.8, 4) is 0 Å². The number of carboxylic acid groups (broad SMARTS) is 1. The van der Waals surface area contributed by atoms with Crippen LogP contribution in [0.2, 0.25) is 0 Å². The number of aliphatic carboxylic acids is 1. The highest BCUT2D eigenvalue weighted by Crippen LogP contribution is 1.94. The zero-order valence-electron chi connectivity index (χ0n) is 8.55. The summed E-state index contributed by atoms with van der Waals surface area (Å²) in [5, 5.41) is 15.8. The van der Waals surface area contributed by atoms with Crippen molar-refractivity contribution in [2.75, 3.05) is 26.3 Å². The van der Waals surface area contributed by atoms with Gasteiger partial charge < -0.3 is 25.6 Å². The van der Waals surface area contributed by atoms with Gasteiger partial charge in [-0.05, 0) is 6.92 Å². The molecule has 2 amide bonds. The van der Waals surface area contributed by atoms with Crippen molar-refractivity contribution >= 4 is 12.0 Å². The number of nitrogens with two attached hydrogens (primary N) is 1. The van der Waals surface area contributed by atoms with E-state index in [1.165, 1.54) is 6.92 Å². The fourth-order valence-electron chi connectivity index (χ4n) is 0.784. The maximum atomic E-state index is 10.4. The maximum absolute atomic E-state index is 10.4. The van der Waals surface area contributed by atoms with Crippen molar-refractivity contribution in [1.29, 1.82) is 0 Å². The van der Waals surface area contributed by atoms with E-state index in [1.54, 1.807) is 4.90 Å². The summed E-state index contributed by atoms with van der Waals surface area (Å²) in [7, 11) is 0. The minimum absolute atomic E-state index is 0.349. The number of carboxylic acids is 1. The molecule has 7 nitrogen and oxygen atoms in total. The van der Waals surface area contributed by atoms with Gasteiger partial charge in [0, 0.05) is 13.1 Å². The van der Waals surface area contributed by atoms with Gasteiger partial charge in [-0.2, -0.15) is 0 Å². The lowest BCUT2D eigenvalue weighted by Crippen LogP contribution is -2.43. The van der Waals surface area contributed by atoms with Gasteiger partial charge in [0.25, 0.3) is 0 Å². The Labute approximate surface area is 87.4 Å². The highest BCUT2D eigenvalue weighted by molar-refractivity contribution is 5.72. The first-order valence-corrected chi connectivity index (χ1v) is 4.48. The van der Waals surface area contributed by atoms with E-state index in [0.29, 0.717) is 26.3 Å². The number of nitrogens with zero attached hydrogens (tertiary/aromatic N) is 1. The molecular formula is C8H16N2O5. The summed E-state index contributed by atoms with van der Waals surface area (Å²) in [5.41, 5.74) is 5.00. The largest absolute Gasteiger partial charge is 0.479 e. The number of hydrogen-bond donors (Lipinski definition) is 3. The minimum atomic E-state index is -1.23. The van der Waals surface area contributed by atoms with E-state index < -0.39 is 12.1 Å². The van der Waals surface area contributed by atoms with Crippen LogP contribution in [0.5, 0.6) is 0 Å². The second-order valence-electron chi connectivity index (χ2n) is 2.95. The zero-order valence-corrected chi connectivity index (χ0v) is 8.55. The fraction of sp³-hybridized carbons (Fsp3) is 0.750. The third-order valence-corrected chi connectivity index (χ3v) is 1.68. The number of morpholine rings is 1. The van der Waals surface area contributed by atoms with Gasteiger partial charge in [0.2, 0.25) is 0 Å². The van der Waals surface area contributed by atoms with Gasteiger partial charge in [-0.1, -0.05) is 0 Å². The van der Waals surface area contributed by atoms with E-state index in [1.807, 2.05) is 0 Å². The molecular weight excluding hydrogens is 204 g/mol. The van der Waals surface area contributed by atoms with Crippen molar-refractivity contribution in [3.05, 3.63) is 0 Å². The Bertz CT molecular complexity index is 213. The molecule has 4 N–H and O–H groups in total. The molecule has 0 aromatic carbocycles. The van der Waals surface area contributed by atoms with Crippen LogP contribution in [-0.4, -0.2) is 59.5 Å². The first-order chi connectivity index (χ1) is 6.95. The highest BCUT2D eigenvalue weighted by atomic mass is 16.5. The van der Waals surface area contributed by atoms with Crippen molar-refractivity contribution in [3.63, 3.8) is 0 Å². The van der Waals surface area contributed by atoms with Gasteiger partial charge in [0.15, 0.2) is 0 Å². The molecule has 0 saturated carbocycles. The third kappa shape index (κ3) is 6.69. The first kappa shape index (κ1) is 13.7. The van der Waals surface area contributed by atoms with Gasteiger partial charge in [0.1, 0.15) is 6.10 Å². The van der Waals surface area contributed by atoms with Gasteiger partial charge in [0.05, 0.1) is 13.2 Å². The van der Waals surface area contributed by atoms with Crippen LogP contribution in [0.1, 0.15) is 6.92 Å². The zero-order chi connectivity index (χ0) is 11.8. The molecule has 1 aliphatic heterocycles. The Hall–Kier alpha value is -1.34. The standard InChI is InChI=1S/C5H10N2O2.C3H6O3/c6-5(8)7-1-3-9-4-2-7;1-2(4)3(5)6/h1-4H2,(H2,6,8);2,4H,1H3,(H,5,6). The minimum Gasteiger partial charge on any atom is -0.479 e. The highest BCUT2D eigenvalue weighted by Gasteiger charge is 2.12. The van der Waals surface area contributed by atoms with E-state index in [0.717, 1.165) is 0 Å². The number of aliphatic hydroxyl groups is 1. The Morgan fingerprint density at radius 2 is 1.80 bits per heavy atom. The predicted molar refractivity (Wildman–Crippen MR) is 51.3 cm³/mol. The van der Waals surface area contributed by atoms with Gasteiger partial charge in [-0.25, -0.2) is 9.59 Å². The van der Waals surface area contributed by atoms with Crippen molar-refractivity contribution in [2.24, 2.45) is 5.73 Å².